The number of carbonyl (C=O) groups is 2. The number of hydrogen-bond acceptors (Lipinski definition) is 4. The summed E-state index contributed by atoms with van der Waals surface area (Å²) in [7, 11) is 0. The lowest BCUT2D eigenvalue weighted by Gasteiger charge is -2.32. The average molecular weight is 425 g/mol. The highest BCUT2D eigenvalue weighted by Crippen LogP contribution is 2.23. The fourth-order valence-electron chi connectivity index (χ4n) is 3.35. The molecule has 0 saturated heterocycles. The van der Waals surface area contributed by atoms with Crippen molar-refractivity contribution < 1.29 is 14.4 Å². The van der Waals surface area contributed by atoms with E-state index in [2.05, 4.69) is 17.7 Å². The van der Waals surface area contributed by atoms with E-state index >= 15 is 0 Å². The first-order chi connectivity index (χ1) is 14.8. The van der Waals surface area contributed by atoms with Crippen molar-refractivity contribution in [2.24, 2.45) is 11.3 Å². The number of amides is 1. The Kier molecular flexibility index (Phi) is 9.89. The highest BCUT2D eigenvalue weighted by Gasteiger charge is 2.34. The summed E-state index contributed by atoms with van der Waals surface area (Å²) in [5.41, 5.74) is 4.21. The van der Waals surface area contributed by atoms with Crippen LogP contribution >= 0.6 is 0 Å². The van der Waals surface area contributed by atoms with E-state index in [1.807, 2.05) is 69.3 Å². The second kappa shape index (κ2) is 12.4. The molecule has 5 nitrogen and oxygen atoms in total. The molecular weight excluding hydrogens is 388 g/mol. The summed E-state index contributed by atoms with van der Waals surface area (Å²) < 4.78 is 0. The normalized spacial score (nSPS) is 13.4. The molecule has 1 amide bonds. The topological polar surface area (TPSA) is 67.4 Å². The molecule has 5 heteroatoms. The van der Waals surface area contributed by atoms with E-state index in [1.165, 1.54) is 0 Å². The Morgan fingerprint density at radius 1 is 0.968 bits per heavy atom. The molecule has 0 bridgehead atoms. The molecule has 2 N–H and O–H groups in total. The van der Waals surface area contributed by atoms with Crippen LogP contribution in [0.2, 0.25) is 0 Å². The first-order valence-electron chi connectivity index (χ1n) is 11.1. The van der Waals surface area contributed by atoms with E-state index in [-0.39, 0.29) is 17.6 Å². The molecular formula is C26H36N2O3. The maximum atomic E-state index is 13.1. The van der Waals surface area contributed by atoms with Crippen LogP contribution < -0.4 is 10.8 Å². The standard InChI is InChI=1S/C26H36N2O3/c1-5-6-15-22(18-27-31-19-20-13-9-7-10-14-20)25(30)28-24(26(2,3)4)23(29)21-16-11-8-12-17-21/h7-14,16-17,22,24,27H,5-6,15,18-19H2,1-4H3,(H,28,30)/t22-,24-/m1/s1. The van der Waals surface area contributed by atoms with Crippen LogP contribution in [0.25, 0.3) is 0 Å². The summed E-state index contributed by atoms with van der Waals surface area (Å²) in [5.74, 6) is -0.457. The molecule has 2 aromatic rings. The van der Waals surface area contributed by atoms with Gasteiger partial charge in [0.05, 0.1) is 18.6 Å². The highest BCUT2D eigenvalue weighted by atomic mass is 16.6. The van der Waals surface area contributed by atoms with Gasteiger partial charge in [0.1, 0.15) is 0 Å². The van der Waals surface area contributed by atoms with Gasteiger partial charge < -0.3 is 5.32 Å². The lowest BCUT2D eigenvalue weighted by molar-refractivity contribution is -0.127. The second-order valence-corrected chi connectivity index (χ2v) is 9.00. The summed E-state index contributed by atoms with van der Waals surface area (Å²) in [4.78, 5) is 31.8. The molecule has 31 heavy (non-hydrogen) atoms. The van der Waals surface area contributed by atoms with E-state index in [0.29, 0.717) is 18.7 Å². The van der Waals surface area contributed by atoms with E-state index in [1.54, 1.807) is 12.1 Å². The van der Waals surface area contributed by atoms with Crippen LogP contribution in [0.3, 0.4) is 0 Å². The third-order valence-electron chi connectivity index (χ3n) is 5.26. The van der Waals surface area contributed by atoms with Gasteiger partial charge in [-0.2, -0.15) is 0 Å². The minimum atomic E-state index is -0.600. The second-order valence-electron chi connectivity index (χ2n) is 9.00. The van der Waals surface area contributed by atoms with Gasteiger partial charge in [-0.1, -0.05) is 101 Å². The van der Waals surface area contributed by atoms with Gasteiger partial charge >= 0.3 is 0 Å². The third kappa shape index (κ3) is 8.27. The Morgan fingerprint density at radius 3 is 2.16 bits per heavy atom. The Balaban J connectivity index is 2.01. The summed E-state index contributed by atoms with van der Waals surface area (Å²) in [6.45, 7) is 8.85. The Morgan fingerprint density at radius 2 is 1.58 bits per heavy atom. The van der Waals surface area contributed by atoms with Gasteiger partial charge in [-0.3, -0.25) is 14.4 Å². The molecule has 2 atom stereocenters. The van der Waals surface area contributed by atoms with Crippen molar-refractivity contribution in [2.45, 2.75) is 59.6 Å². The number of Topliss-reactive ketones (excluding diaryl/α,β-unsaturated/α-hetero) is 1. The zero-order valence-electron chi connectivity index (χ0n) is 19.2. The minimum Gasteiger partial charge on any atom is -0.345 e. The maximum Gasteiger partial charge on any atom is 0.225 e. The van der Waals surface area contributed by atoms with Gasteiger partial charge in [0, 0.05) is 12.1 Å². The molecule has 0 heterocycles. The number of carbonyl (C=O) groups excluding carboxylic acids is 2. The van der Waals surface area contributed by atoms with E-state index < -0.39 is 11.5 Å². The van der Waals surface area contributed by atoms with Crippen LogP contribution in [0.15, 0.2) is 60.7 Å². The van der Waals surface area contributed by atoms with Gasteiger partial charge in [0.15, 0.2) is 5.78 Å². The number of rotatable bonds is 12. The maximum absolute atomic E-state index is 13.1. The summed E-state index contributed by atoms with van der Waals surface area (Å²) in [6.07, 6.45) is 2.67. The Hall–Kier alpha value is -2.50. The number of nitrogens with one attached hydrogen (secondary N) is 2. The molecule has 0 spiro atoms. The predicted octanol–water partition coefficient (Wildman–Crippen LogP) is 4.93. The molecule has 0 saturated carbocycles. The number of unbranched alkanes of at least 4 members (excludes halogenated alkanes) is 1. The SMILES string of the molecule is CCCC[C@H](CNOCc1ccccc1)C(=O)N[C@H](C(=O)c1ccccc1)C(C)(C)C. The third-order valence-corrected chi connectivity index (χ3v) is 5.26. The summed E-state index contributed by atoms with van der Waals surface area (Å²) in [5, 5.41) is 3.04. The van der Waals surface area contributed by atoms with Crippen LogP contribution in [0.5, 0.6) is 0 Å². The van der Waals surface area contributed by atoms with Crippen LogP contribution in [-0.2, 0) is 16.2 Å². The van der Waals surface area contributed by atoms with E-state index in [4.69, 9.17) is 4.84 Å². The molecule has 0 aromatic heterocycles. The van der Waals surface area contributed by atoms with Crippen molar-refractivity contribution in [1.29, 1.82) is 0 Å². The summed E-state index contributed by atoms with van der Waals surface area (Å²) >= 11 is 0. The van der Waals surface area contributed by atoms with Gasteiger partial charge in [0.2, 0.25) is 5.91 Å². The van der Waals surface area contributed by atoms with Crippen LogP contribution in [0, 0.1) is 11.3 Å². The lowest BCUT2D eigenvalue weighted by Crippen LogP contribution is -2.51. The van der Waals surface area contributed by atoms with Gasteiger partial charge in [-0.25, -0.2) is 5.48 Å². The zero-order valence-corrected chi connectivity index (χ0v) is 19.2. The molecule has 0 fully saturated rings. The fourth-order valence-corrected chi connectivity index (χ4v) is 3.35. The Bertz CT molecular complexity index is 800. The molecule has 0 aliphatic rings. The molecule has 2 rings (SSSR count). The molecule has 168 valence electrons. The first kappa shape index (κ1) is 24.8. The molecule has 0 unspecified atom stereocenters. The van der Waals surface area contributed by atoms with Crippen molar-refractivity contribution in [2.75, 3.05) is 6.54 Å². The quantitative estimate of drug-likeness (QED) is 0.288. The number of ketones is 1. The fraction of sp³-hybridized carbons (Fsp3) is 0.462. The van der Waals surface area contributed by atoms with Crippen LogP contribution in [0.4, 0.5) is 0 Å². The van der Waals surface area contributed by atoms with E-state index in [9.17, 15) is 9.59 Å². The smallest absolute Gasteiger partial charge is 0.225 e. The zero-order chi connectivity index (χ0) is 22.7. The van der Waals surface area contributed by atoms with Gasteiger partial charge in [-0.05, 0) is 17.4 Å². The van der Waals surface area contributed by atoms with Crippen molar-refractivity contribution in [1.82, 2.24) is 10.8 Å². The van der Waals surface area contributed by atoms with Crippen molar-refractivity contribution in [3.63, 3.8) is 0 Å². The number of hydrogen-bond donors (Lipinski definition) is 2. The predicted molar refractivity (Wildman–Crippen MR) is 124 cm³/mol. The van der Waals surface area contributed by atoms with Gasteiger partial charge in [0.25, 0.3) is 0 Å². The van der Waals surface area contributed by atoms with Crippen molar-refractivity contribution in [3.05, 3.63) is 71.8 Å². The van der Waals surface area contributed by atoms with Gasteiger partial charge in [-0.15, -0.1) is 0 Å². The first-order valence-corrected chi connectivity index (χ1v) is 11.1. The molecule has 0 aliphatic carbocycles. The largest absolute Gasteiger partial charge is 0.345 e. The molecule has 0 aliphatic heterocycles. The number of hydroxylamine groups is 1. The van der Waals surface area contributed by atoms with Crippen LogP contribution in [-0.4, -0.2) is 24.3 Å². The van der Waals surface area contributed by atoms with Crippen molar-refractivity contribution in [3.8, 4) is 0 Å². The average Bonchev–Trinajstić information content (AvgIpc) is 2.77. The lowest BCUT2D eigenvalue weighted by atomic mass is 9.81. The highest BCUT2D eigenvalue weighted by molar-refractivity contribution is 6.02. The molecule has 2 aromatic carbocycles. The minimum absolute atomic E-state index is 0.0658. The van der Waals surface area contributed by atoms with Crippen LogP contribution in [0.1, 0.15) is 62.9 Å². The molecule has 0 radical (unpaired) electrons. The van der Waals surface area contributed by atoms with E-state index in [0.717, 1.165) is 24.8 Å². The monoisotopic (exact) mass is 424 g/mol. The van der Waals surface area contributed by atoms with Crippen molar-refractivity contribution >= 4 is 11.7 Å². The Labute approximate surface area is 186 Å². The summed E-state index contributed by atoms with van der Waals surface area (Å²) in [6, 6.07) is 18.4. The number of benzene rings is 2.